The van der Waals surface area contributed by atoms with Crippen molar-refractivity contribution < 1.29 is 9.18 Å². The van der Waals surface area contributed by atoms with Crippen molar-refractivity contribution >= 4 is 22.3 Å². The molecule has 4 nitrogen and oxygen atoms in total. The molecule has 1 saturated carbocycles. The number of Topliss-reactive ketones (excluding diaryl/α,β-unsaturated/α-hetero) is 1. The van der Waals surface area contributed by atoms with Gasteiger partial charge in [0.1, 0.15) is 17.1 Å². The largest absolute Gasteiger partial charge is 0.310 e. The van der Waals surface area contributed by atoms with Crippen LogP contribution in [0, 0.1) is 11.7 Å². The molecule has 2 aromatic heterocycles. The van der Waals surface area contributed by atoms with E-state index in [-0.39, 0.29) is 17.2 Å². The molecule has 1 aliphatic carbocycles. The number of nitrogens with zero attached hydrogens (tertiary/aromatic N) is 2. The maximum absolute atomic E-state index is 13.8. The SMILES string of the molecule is O=C(CCC1CCCCC1)CCn1c(=O)c2cccn2c2ccc(F)cc21. The highest BCUT2D eigenvalue weighted by Crippen LogP contribution is 2.27. The van der Waals surface area contributed by atoms with Gasteiger partial charge in [-0.2, -0.15) is 0 Å². The van der Waals surface area contributed by atoms with Crippen molar-refractivity contribution in [2.24, 2.45) is 5.92 Å². The van der Waals surface area contributed by atoms with Crippen LogP contribution in [-0.4, -0.2) is 14.8 Å². The zero-order chi connectivity index (χ0) is 18.8. The van der Waals surface area contributed by atoms with Crippen LogP contribution in [0.3, 0.4) is 0 Å². The Morgan fingerprint density at radius 3 is 2.67 bits per heavy atom. The third kappa shape index (κ3) is 3.68. The van der Waals surface area contributed by atoms with E-state index in [1.807, 2.05) is 0 Å². The van der Waals surface area contributed by atoms with E-state index >= 15 is 0 Å². The molecule has 1 fully saturated rings. The molecule has 4 rings (SSSR count). The lowest BCUT2D eigenvalue weighted by Crippen LogP contribution is -2.24. The van der Waals surface area contributed by atoms with Crippen LogP contribution in [0.4, 0.5) is 4.39 Å². The van der Waals surface area contributed by atoms with Crippen molar-refractivity contribution in [3.05, 3.63) is 52.7 Å². The maximum Gasteiger partial charge on any atom is 0.275 e. The highest BCUT2D eigenvalue weighted by atomic mass is 19.1. The topological polar surface area (TPSA) is 43.5 Å². The van der Waals surface area contributed by atoms with Gasteiger partial charge in [-0.1, -0.05) is 32.1 Å². The van der Waals surface area contributed by atoms with E-state index in [9.17, 15) is 14.0 Å². The summed E-state index contributed by atoms with van der Waals surface area (Å²) in [7, 11) is 0. The molecule has 0 bridgehead atoms. The van der Waals surface area contributed by atoms with E-state index in [2.05, 4.69) is 0 Å². The summed E-state index contributed by atoms with van der Waals surface area (Å²) in [5.74, 6) is 0.482. The molecular weight excluding hydrogens is 343 g/mol. The highest BCUT2D eigenvalue weighted by molar-refractivity contribution is 5.80. The van der Waals surface area contributed by atoms with Gasteiger partial charge in [-0.3, -0.25) is 9.59 Å². The summed E-state index contributed by atoms with van der Waals surface area (Å²) in [5.41, 5.74) is 1.66. The van der Waals surface area contributed by atoms with E-state index in [0.29, 0.717) is 36.3 Å². The molecule has 27 heavy (non-hydrogen) atoms. The van der Waals surface area contributed by atoms with E-state index in [0.717, 1.165) is 11.9 Å². The first-order chi connectivity index (χ1) is 13.1. The first kappa shape index (κ1) is 18.0. The van der Waals surface area contributed by atoms with Gasteiger partial charge >= 0.3 is 0 Å². The molecule has 3 aromatic rings. The molecule has 0 aliphatic heterocycles. The van der Waals surface area contributed by atoms with Gasteiger partial charge in [-0.25, -0.2) is 4.39 Å². The zero-order valence-corrected chi connectivity index (χ0v) is 15.5. The van der Waals surface area contributed by atoms with Gasteiger partial charge in [-0.15, -0.1) is 0 Å². The Balaban J connectivity index is 1.53. The predicted molar refractivity (Wildman–Crippen MR) is 105 cm³/mol. The number of fused-ring (bicyclic) bond motifs is 3. The summed E-state index contributed by atoms with van der Waals surface area (Å²) in [6.07, 6.45) is 10.0. The second-order valence-corrected chi connectivity index (χ2v) is 7.68. The van der Waals surface area contributed by atoms with Gasteiger partial charge < -0.3 is 8.97 Å². The second kappa shape index (κ2) is 7.67. The Morgan fingerprint density at radius 2 is 1.85 bits per heavy atom. The number of hydrogen-bond acceptors (Lipinski definition) is 2. The van der Waals surface area contributed by atoms with Gasteiger partial charge in [0.15, 0.2) is 0 Å². The Hall–Kier alpha value is -2.43. The number of halogens is 1. The number of aryl methyl sites for hydroxylation is 1. The first-order valence-corrected chi connectivity index (χ1v) is 9.94. The summed E-state index contributed by atoms with van der Waals surface area (Å²) in [4.78, 5) is 25.2. The van der Waals surface area contributed by atoms with E-state index in [4.69, 9.17) is 0 Å². The number of aromatic nitrogens is 2. The minimum absolute atomic E-state index is 0.182. The number of rotatable bonds is 6. The highest BCUT2D eigenvalue weighted by Gasteiger charge is 2.16. The van der Waals surface area contributed by atoms with Crippen LogP contribution in [0.2, 0.25) is 0 Å². The minimum Gasteiger partial charge on any atom is -0.310 e. The maximum atomic E-state index is 13.8. The molecule has 0 amide bonds. The average molecular weight is 368 g/mol. The van der Waals surface area contributed by atoms with E-state index < -0.39 is 0 Å². The molecule has 0 radical (unpaired) electrons. The number of carbonyl (C=O) groups is 1. The van der Waals surface area contributed by atoms with Crippen LogP contribution in [-0.2, 0) is 11.3 Å². The van der Waals surface area contributed by atoms with Gasteiger partial charge in [-0.05, 0) is 42.7 Å². The molecule has 0 N–H and O–H groups in total. The Morgan fingerprint density at radius 1 is 1.04 bits per heavy atom. The summed E-state index contributed by atoms with van der Waals surface area (Å²) in [6.45, 7) is 0.296. The van der Waals surface area contributed by atoms with E-state index in [1.165, 1.54) is 44.2 Å². The van der Waals surface area contributed by atoms with Crippen molar-refractivity contribution in [2.75, 3.05) is 0 Å². The smallest absolute Gasteiger partial charge is 0.275 e. The Bertz CT molecular complexity index is 1030. The standard InChI is InChI=1S/C22H25FN2O2/c23-17-9-11-19-21(15-17)25(22(27)20-7-4-13-24(19)20)14-12-18(26)10-8-16-5-2-1-3-6-16/h4,7,9,11,13,15-16H,1-3,5-6,8,10,12,14H2. The van der Waals surface area contributed by atoms with Crippen LogP contribution in [0.1, 0.15) is 51.4 Å². The van der Waals surface area contributed by atoms with Crippen LogP contribution in [0.15, 0.2) is 41.3 Å². The monoisotopic (exact) mass is 368 g/mol. The Kier molecular flexibility index (Phi) is 5.10. The lowest BCUT2D eigenvalue weighted by Gasteiger charge is -2.21. The molecule has 0 saturated heterocycles. The normalized spacial score (nSPS) is 15.6. The molecule has 1 aliphatic rings. The van der Waals surface area contributed by atoms with Gasteiger partial charge in [0.2, 0.25) is 0 Å². The van der Waals surface area contributed by atoms with Crippen molar-refractivity contribution in [1.29, 1.82) is 0 Å². The molecule has 5 heteroatoms. The van der Waals surface area contributed by atoms with Crippen LogP contribution >= 0.6 is 0 Å². The van der Waals surface area contributed by atoms with Crippen LogP contribution < -0.4 is 5.56 Å². The fraction of sp³-hybridized carbons (Fsp3) is 0.455. The lowest BCUT2D eigenvalue weighted by molar-refractivity contribution is -0.119. The quantitative estimate of drug-likeness (QED) is 0.632. The molecule has 0 unspecified atom stereocenters. The zero-order valence-electron chi connectivity index (χ0n) is 15.5. The van der Waals surface area contributed by atoms with E-state index in [1.54, 1.807) is 33.4 Å². The third-order valence-corrected chi connectivity index (χ3v) is 5.87. The van der Waals surface area contributed by atoms with Crippen molar-refractivity contribution in [1.82, 2.24) is 8.97 Å². The summed E-state index contributed by atoms with van der Waals surface area (Å²) in [5, 5.41) is 0. The first-order valence-electron chi connectivity index (χ1n) is 9.94. The van der Waals surface area contributed by atoms with Crippen molar-refractivity contribution in [3.8, 4) is 0 Å². The lowest BCUT2D eigenvalue weighted by atomic mass is 9.85. The Labute approximate surface area is 157 Å². The third-order valence-electron chi connectivity index (χ3n) is 5.87. The molecule has 0 spiro atoms. The van der Waals surface area contributed by atoms with Crippen molar-refractivity contribution in [3.63, 3.8) is 0 Å². The fourth-order valence-electron chi connectivity index (χ4n) is 4.35. The molecular formula is C22H25FN2O2. The molecule has 2 heterocycles. The number of hydrogen-bond donors (Lipinski definition) is 0. The van der Waals surface area contributed by atoms with Crippen LogP contribution in [0.5, 0.6) is 0 Å². The number of carbonyl (C=O) groups excluding carboxylic acids is 1. The van der Waals surface area contributed by atoms with Crippen molar-refractivity contribution in [2.45, 2.75) is 57.9 Å². The van der Waals surface area contributed by atoms with Gasteiger partial charge in [0.05, 0.1) is 11.0 Å². The molecule has 0 atom stereocenters. The number of ketones is 1. The second-order valence-electron chi connectivity index (χ2n) is 7.68. The molecule has 142 valence electrons. The molecule has 1 aromatic carbocycles. The number of benzene rings is 1. The predicted octanol–water partition coefficient (Wildman–Crippen LogP) is 4.71. The van der Waals surface area contributed by atoms with Gasteiger partial charge in [0.25, 0.3) is 5.56 Å². The summed E-state index contributed by atoms with van der Waals surface area (Å²) >= 11 is 0. The summed E-state index contributed by atoms with van der Waals surface area (Å²) < 4.78 is 17.1. The fourth-order valence-corrected chi connectivity index (χ4v) is 4.35. The van der Waals surface area contributed by atoms with Gasteiger partial charge in [0, 0.05) is 25.6 Å². The average Bonchev–Trinajstić information content (AvgIpc) is 3.17. The summed E-state index contributed by atoms with van der Waals surface area (Å²) in [6, 6.07) is 8.01. The van der Waals surface area contributed by atoms with Crippen LogP contribution in [0.25, 0.3) is 16.6 Å². The minimum atomic E-state index is -0.384.